The number of hydrogen-bond acceptors (Lipinski definition) is 5. The number of Topliss-reactive ketones (excluding diaryl/α,β-unsaturated/α-hetero) is 1. The molecule has 0 spiro atoms. The minimum atomic E-state index is -0.651. The zero-order valence-electron chi connectivity index (χ0n) is 18.9. The van der Waals surface area contributed by atoms with Gasteiger partial charge in [0.2, 0.25) is 0 Å². The van der Waals surface area contributed by atoms with Gasteiger partial charge in [0.1, 0.15) is 5.69 Å². The average Bonchev–Trinajstić information content (AvgIpc) is 3.13. The Bertz CT molecular complexity index is 682. The van der Waals surface area contributed by atoms with E-state index in [9.17, 15) is 4.79 Å². The quantitative estimate of drug-likeness (QED) is 0.521. The number of rotatable bonds is 7. The van der Waals surface area contributed by atoms with E-state index in [1.54, 1.807) is 6.20 Å². The van der Waals surface area contributed by atoms with Crippen LogP contribution in [0.2, 0.25) is 6.32 Å². The van der Waals surface area contributed by atoms with Crippen molar-refractivity contribution < 1.29 is 9.53 Å². The summed E-state index contributed by atoms with van der Waals surface area (Å²) in [5.74, 6) is 0.822. The van der Waals surface area contributed by atoms with E-state index in [0.717, 1.165) is 32.4 Å². The van der Waals surface area contributed by atoms with Gasteiger partial charge in [0.15, 0.2) is 13.1 Å². The standard InChI is InChI=1S/C23H37BN3O2/c1-18(2)9-13-26(5)19-10-14-27(16-19)23(17-22(3,4)29-15-11-24-23)21(28)20-8-6-7-12-25-20/h6-8,12,18-19H,9-11,13-17H2,1-5H3/t19-,23+/m0/s1. The van der Waals surface area contributed by atoms with E-state index in [4.69, 9.17) is 4.74 Å². The lowest BCUT2D eigenvalue weighted by Gasteiger charge is -2.43. The summed E-state index contributed by atoms with van der Waals surface area (Å²) >= 11 is 0. The zero-order valence-corrected chi connectivity index (χ0v) is 18.9. The van der Waals surface area contributed by atoms with E-state index in [0.29, 0.717) is 30.7 Å². The third-order valence-electron chi connectivity index (χ3n) is 6.49. The van der Waals surface area contributed by atoms with Gasteiger partial charge in [-0.3, -0.25) is 14.7 Å². The molecule has 5 nitrogen and oxygen atoms in total. The highest BCUT2D eigenvalue weighted by atomic mass is 16.5. The Morgan fingerprint density at radius 1 is 1.41 bits per heavy atom. The number of aromatic nitrogens is 1. The van der Waals surface area contributed by atoms with E-state index in [1.807, 2.05) is 18.2 Å². The van der Waals surface area contributed by atoms with Gasteiger partial charge in [0.25, 0.3) is 0 Å². The first kappa shape index (κ1) is 22.5. The maximum atomic E-state index is 13.8. The molecule has 0 N–H and O–H groups in total. The van der Waals surface area contributed by atoms with Crippen LogP contribution in [0.3, 0.4) is 0 Å². The van der Waals surface area contributed by atoms with Crippen LogP contribution in [-0.4, -0.2) is 78.2 Å². The number of nitrogens with zero attached hydrogens (tertiary/aromatic N) is 3. The van der Waals surface area contributed by atoms with Crippen LogP contribution in [0.15, 0.2) is 24.4 Å². The first-order valence-electron chi connectivity index (χ1n) is 11.1. The van der Waals surface area contributed by atoms with Crippen LogP contribution >= 0.6 is 0 Å². The molecule has 29 heavy (non-hydrogen) atoms. The van der Waals surface area contributed by atoms with Crippen molar-refractivity contribution in [2.24, 2.45) is 5.92 Å². The Kier molecular flexibility index (Phi) is 7.18. The maximum Gasteiger partial charge on any atom is 0.192 e. The SMILES string of the molecule is CC(C)CCN(C)[C@H]1CCN([C@]2(C(=O)c3ccccn3)[B]CCOC(C)(C)C2)C1. The number of hydrogen-bond donors (Lipinski definition) is 0. The first-order chi connectivity index (χ1) is 13.7. The van der Waals surface area contributed by atoms with E-state index in [1.165, 1.54) is 6.42 Å². The molecule has 2 aliphatic rings. The van der Waals surface area contributed by atoms with Crippen LogP contribution in [0.25, 0.3) is 0 Å². The summed E-state index contributed by atoms with van der Waals surface area (Å²) in [6, 6.07) is 6.10. The molecule has 0 bridgehead atoms. The van der Waals surface area contributed by atoms with Crippen molar-refractivity contribution in [3.8, 4) is 0 Å². The predicted octanol–water partition coefficient (Wildman–Crippen LogP) is 3.33. The molecule has 0 aromatic carbocycles. The molecule has 1 aromatic rings. The molecule has 2 aliphatic heterocycles. The molecule has 159 valence electrons. The van der Waals surface area contributed by atoms with Gasteiger partial charge in [-0.25, -0.2) is 0 Å². The van der Waals surface area contributed by atoms with Crippen molar-refractivity contribution in [1.29, 1.82) is 0 Å². The number of likely N-dealkylation sites (N-methyl/N-ethyl adjacent to an activating group) is 1. The molecule has 1 radical (unpaired) electrons. The molecular weight excluding hydrogens is 361 g/mol. The lowest BCUT2D eigenvalue weighted by atomic mass is 9.50. The number of likely N-dealkylation sites (tertiary alicyclic amines) is 1. The number of ketones is 1. The molecule has 0 amide bonds. The van der Waals surface area contributed by atoms with Gasteiger partial charge in [0.05, 0.1) is 11.0 Å². The number of pyridine rings is 1. The van der Waals surface area contributed by atoms with E-state index in [-0.39, 0.29) is 11.4 Å². The van der Waals surface area contributed by atoms with Crippen molar-refractivity contribution in [2.75, 3.05) is 33.3 Å². The highest BCUT2D eigenvalue weighted by molar-refractivity contribution is 6.49. The van der Waals surface area contributed by atoms with Crippen molar-refractivity contribution in [1.82, 2.24) is 14.8 Å². The minimum Gasteiger partial charge on any atom is -0.376 e. The average molecular weight is 398 g/mol. The van der Waals surface area contributed by atoms with E-state index in [2.05, 4.69) is 56.8 Å². The summed E-state index contributed by atoms with van der Waals surface area (Å²) < 4.78 is 6.09. The molecular formula is C23H37BN3O2. The summed E-state index contributed by atoms with van der Waals surface area (Å²) in [4.78, 5) is 23.1. The molecule has 6 heteroatoms. The maximum absolute atomic E-state index is 13.8. The minimum absolute atomic E-state index is 0.113. The summed E-state index contributed by atoms with van der Waals surface area (Å²) in [6.07, 6.45) is 5.47. The van der Waals surface area contributed by atoms with Crippen LogP contribution < -0.4 is 0 Å². The van der Waals surface area contributed by atoms with Crippen LogP contribution in [-0.2, 0) is 4.74 Å². The fourth-order valence-corrected chi connectivity index (χ4v) is 4.79. The third-order valence-corrected chi connectivity index (χ3v) is 6.49. The van der Waals surface area contributed by atoms with Crippen LogP contribution in [0, 0.1) is 5.92 Å². The molecule has 3 rings (SSSR count). The number of ether oxygens (including phenoxy) is 1. The van der Waals surface area contributed by atoms with Gasteiger partial charge in [0, 0.05) is 31.9 Å². The molecule has 1 aromatic heterocycles. The summed E-state index contributed by atoms with van der Waals surface area (Å²) in [6.45, 7) is 12.4. The second-order valence-electron chi connectivity index (χ2n) is 9.80. The Balaban J connectivity index is 1.85. The number of carbonyl (C=O) groups is 1. The van der Waals surface area contributed by atoms with Gasteiger partial charge < -0.3 is 9.64 Å². The zero-order chi connectivity index (χ0) is 21.1. The molecule has 3 heterocycles. The fraction of sp³-hybridized carbons (Fsp3) is 0.739. The van der Waals surface area contributed by atoms with Gasteiger partial charge >= 0.3 is 0 Å². The highest BCUT2D eigenvalue weighted by Crippen LogP contribution is 2.37. The number of carbonyl (C=O) groups excluding carboxylic acids is 1. The van der Waals surface area contributed by atoms with Gasteiger partial charge in [-0.05, 0) is 64.8 Å². The molecule has 0 aliphatic carbocycles. The Hall–Kier alpha value is -1.24. The third kappa shape index (κ3) is 5.28. The summed E-state index contributed by atoms with van der Waals surface area (Å²) in [5, 5.41) is 0. The predicted molar refractivity (Wildman–Crippen MR) is 119 cm³/mol. The van der Waals surface area contributed by atoms with Crippen molar-refractivity contribution in [2.45, 2.75) is 70.4 Å². The molecule has 2 saturated heterocycles. The molecule has 2 fully saturated rings. The lowest BCUT2D eigenvalue weighted by Crippen LogP contribution is -2.60. The summed E-state index contributed by atoms with van der Waals surface area (Å²) in [5.41, 5.74) is -0.445. The summed E-state index contributed by atoms with van der Waals surface area (Å²) in [7, 11) is 4.45. The second kappa shape index (κ2) is 9.28. The Morgan fingerprint density at radius 2 is 2.21 bits per heavy atom. The Morgan fingerprint density at radius 3 is 2.90 bits per heavy atom. The molecule has 0 unspecified atom stereocenters. The van der Waals surface area contributed by atoms with Crippen LogP contribution in [0.1, 0.15) is 57.4 Å². The van der Waals surface area contributed by atoms with Crippen molar-refractivity contribution in [3.05, 3.63) is 30.1 Å². The van der Waals surface area contributed by atoms with Gasteiger partial charge in [-0.2, -0.15) is 0 Å². The topological polar surface area (TPSA) is 45.7 Å². The van der Waals surface area contributed by atoms with Crippen molar-refractivity contribution in [3.63, 3.8) is 0 Å². The van der Waals surface area contributed by atoms with Gasteiger partial charge in [-0.1, -0.05) is 26.2 Å². The fourth-order valence-electron chi connectivity index (χ4n) is 4.79. The Labute approximate surface area is 177 Å². The first-order valence-corrected chi connectivity index (χ1v) is 11.1. The van der Waals surface area contributed by atoms with E-state index >= 15 is 0 Å². The largest absolute Gasteiger partial charge is 0.376 e. The molecule has 0 saturated carbocycles. The lowest BCUT2D eigenvalue weighted by molar-refractivity contribution is -0.0299. The second-order valence-corrected chi connectivity index (χ2v) is 9.80. The van der Waals surface area contributed by atoms with Crippen molar-refractivity contribution >= 4 is 13.1 Å². The normalized spacial score (nSPS) is 27.8. The smallest absolute Gasteiger partial charge is 0.192 e. The van der Waals surface area contributed by atoms with Crippen LogP contribution in [0.4, 0.5) is 0 Å². The van der Waals surface area contributed by atoms with Gasteiger partial charge in [-0.15, -0.1) is 0 Å². The van der Waals surface area contributed by atoms with Crippen LogP contribution in [0.5, 0.6) is 0 Å². The monoisotopic (exact) mass is 398 g/mol. The van der Waals surface area contributed by atoms with E-state index < -0.39 is 5.44 Å². The highest BCUT2D eigenvalue weighted by Gasteiger charge is 2.51. The molecule has 2 atom stereocenters.